The molecule has 2 atom stereocenters. The highest BCUT2D eigenvalue weighted by Crippen LogP contribution is 2.26. The van der Waals surface area contributed by atoms with Gasteiger partial charge in [0, 0.05) is 5.69 Å². The molecule has 0 bridgehead atoms. The quantitative estimate of drug-likeness (QED) is 0.811. The predicted octanol–water partition coefficient (Wildman–Crippen LogP) is 2.34. The molecule has 0 saturated heterocycles. The molecule has 0 spiro atoms. The lowest BCUT2D eigenvalue weighted by atomic mass is 9.97. The molecule has 0 fully saturated rings. The summed E-state index contributed by atoms with van der Waals surface area (Å²) in [6.45, 7) is 4.52. The highest BCUT2D eigenvalue weighted by molar-refractivity contribution is 5.96. The molecule has 0 radical (unpaired) electrons. The lowest BCUT2D eigenvalue weighted by Gasteiger charge is -2.27. The maximum absolute atomic E-state index is 12.2. The molecule has 1 amide bonds. The number of carbonyl (C=O) groups is 1. The van der Waals surface area contributed by atoms with Crippen molar-refractivity contribution in [3.8, 4) is 6.19 Å². The molecule has 1 aliphatic rings. The van der Waals surface area contributed by atoms with Gasteiger partial charge >= 0.3 is 0 Å². The summed E-state index contributed by atoms with van der Waals surface area (Å²) >= 11 is 0. The zero-order valence-corrected chi connectivity index (χ0v) is 10.7. The van der Waals surface area contributed by atoms with Crippen molar-refractivity contribution in [1.29, 1.82) is 5.26 Å². The summed E-state index contributed by atoms with van der Waals surface area (Å²) in [6.07, 6.45) is 3.02. The first kappa shape index (κ1) is 12.4. The Balaban J connectivity index is 2.38. The zero-order chi connectivity index (χ0) is 13.1. The third-order valence-electron chi connectivity index (χ3n) is 3.53. The number of carbonyl (C=O) groups excluding carboxylic acids is 1. The van der Waals surface area contributed by atoms with Crippen LogP contribution in [0.4, 0.5) is 5.69 Å². The molecule has 0 aromatic heterocycles. The van der Waals surface area contributed by atoms with Gasteiger partial charge < -0.3 is 5.32 Å². The fourth-order valence-corrected chi connectivity index (χ4v) is 2.30. The smallest absolute Gasteiger partial charge is 0.248 e. The van der Waals surface area contributed by atoms with Gasteiger partial charge in [0.2, 0.25) is 5.91 Å². The first-order valence-corrected chi connectivity index (χ1v) is 6.22. The summed E-state index contributed by atoms with van der Waals surface area (Å²) in [7, 11) is 0. The van der Waals surface area contributed by atoms with Crippen molar-refractivity contribution in [2.75, 3.05) is 5.32 Å². The standard InChI is InChI=1S/C14H17N3O/c1-3-10(2)13-14(18)16-12-7-5-4-6-11(12)8-17(13)9-15/h4-7,10,13H,3,8H2,1-2H3,(H,16,18)/t10-,13?/m0/s1. The van der Waals surface area contributed by atoms with Gasteiger partial charge in [0.15, 0.2) is 6.19 Å². The zero-order valence-electron chi connectivity index (χ0n) is 10.7. The van der Waals surface area contributed by atoms with Crippen LogP contribution in [0.1, 0.15) is 25.8 Å². The first-order valence-electron chi connectivity index (χ1n) is 6.22. The van der Waals surface area contributed by atoms with Gasteiger partial charge in [-0.05, 0) is 17.5 Å². The SMILES string of the molecule is CC[C@H](C)C1C(=O)Nc2ccccc2CN1C#N. The minimum Gasteiger partial charge on any atom is -0.324 e. The highest BCUT2D eigenvalue weighted by Gasteiger charge is 2.33. The molecule has 1 aromatic rings. The van der Waals surface area contributed by atoms with E-state index in [9.17, 15) is 10.1 Å². The Hall–Kier alpha value is -2.02. The van der Waals surface area contributed by atoms with Crippen LogP contribution in [0.15, 0.2) is 24.3 Å². The third kappa shape index (κ3) is 2.17. The van der Waals surface area contributed by atoms with Crippen LogP contribution < -0.4 is 5.32 Å². The Morgan fingerprint density at radius 2 is 2.28 bits per heavy atom. The van der Waals surface area contributed by atoms with Crippen molar-refractivity contribution < 1.29 is 4.79 Å². The molecule has 1 heterocycles. The maximum Gasteiger partial charge on any atom is 0.248 e. The Labute approximate surface area is 107 Å². The van der Waals surface area contributed by atoms with Gasteiger partial charge in [-0.2, -0.15) is 5.26 Å². The van der Waals surface area contributed by atoms with E-state index in [-0.39, 0.29) is 17.9 Å². The molecule has 4 heteroatoms. The Morgan fingerprint density at radius 1 is 1.56 bits per heavy atom. The van der Waals surface area contributed by atoms with E-state index in [1.807, 2.05) is 38.1 Å². The van der Waals surface area contributed by atoms with Crippen LogP contribution >= 0.6 is 0 Å². The van der Waals surface area contributed by atoms with Gasteiger partial charge in [0.25, 0.3) is 0 Å². The second kappa shape index (κ2) is 5.09. The number of amides is 1. The minimum atomic E-state index is -0.382. The van der Waals surface area contributed by atoms with E-state index in [4.69, 9.17) is 0 Å². The van der Waals surface area contributed by atoms with Crippen molar-refractivity contribution in [3.05, 3.63) is 29.8 Å². The van der Waals surface area contributed by atoms with Crippen LogP contribution in [0.5, 0.6) is 0 Å². The monoisotopic (exact) mass is 243 g/mol. The first-order chi connectivity index (χ1) is 8.67. The summed E-state index contributed by atoms with van der Waals surface area (Å²) < 4.78 is 0. The summed E-state index contributed by atoms with van der Waals surface area (Å²) in [4.78, 5) is 13.8. The molecule has 94 valence electrons. The number of anilines is 1. The molecule has 18 heavy (non-hydrogen) atoms. The fourth-order valence-electron chi connectivity index (χ4n) is 2.30. The Bertz CT molecular complexity index is 492. The van der Waals surface area contributed by atoms with Crippen molar-refractivity contribution in [3.63, 3.8) is 0 Å². The molecule has 1 aromatic carbocycles. The van der Waals surface area contributed by atoms with E-state index < -0.39 is 0 Å². The second-order valence-corrected chi connectivity index (χ2v) is 4.70. The van der Waals surface area contributed by atoms with E-state index >= 15 is 0 Å². The highest BCUT2D eigenvalue weighted by atomic mass is 16.2. The van der Waals surface area contributed by atoms with Gasteiger partial charge in [-0.1, -0.05) is 38.5 Å². The van der Waals surface area contributed by atoms with Crippen molar-refractivity contribution in [2.45, 2.75) is 32.9 Å². The number of hydrogen-bond acceptors (Lipinski definition) is 3. The van der Waals surface area contributed by atoms with Crippen LogP contribution in [0.25, 0.3) is 0 Å². The molecule has 1 N–H and O–H groups in total. The lowest BCUT2D eigenvalue weighted by molar-refractivity contribution is -0.121. The molecule has 1 unspecified atom stereocenters. The molecule has 2 rings (SSSR count). The van der Waals surface area contributed by atoms with Gasteiger partial charge in [0.1, 0.15) is 6.04 Å². The van der Waals surface area contributed by atoms with Crippen LogP contribution in [0, 0.1) is 17.4 Å². The van der Waals surface area contributed by atoms with Crippen LogP contribution in [0.2, 0.25) is 0 Å². The third-order valence-corrected chi connectivity index (χ3v) is 3.53. The number of nitrogens with zero attached hydrogens (tertiary/aromatic N) is 2. The summed E-state index contributed by atoms with van der Waals surface area (Å²) in [5.74, 6) is 0.0646. The molecule has 0 saturated carbocycles. The lowest BCUT2D eigenvalue weighted by Crippen LogP contribution is -2.43. The second-order valence-electron chi connectivity index (χ2n) is 4.70. The topological polar surface area (TPSA) is 56.1 Å². The number of hydrogen-bond donors (Lipinski definition) is 1. The van der Waals surface area contributed by atoms with Gasteiger partial charge in [-0.15, -0.1) is 0 Å². The van der Waals surface area contributed by atoms with E-state index in [1.54, 1.807) is 4.90 Å². The van der Waals surface area contributed by atoms with Crippen molar-refractivity contribution in [1.82, 2.24) is 4.90 Å². The molecule has 4 nitrogen and oxygen atoms in total. The Morgan fingerprint density at radius 3 is 2.94 bits per heavy atom. The van der Waals surface area contributed by atoms with E-state index in [0.29, 0.717) is 6.54 Å². The normalized spacial score (nSPS) is 20.4. The molecular formula is C14H17N3O. The number of nitriles is 1. The van der Waals surface area contributed by atoms with Gasteiger partial charge in [-0.25, -0.2) is 0 Å². The largest absolute Gasteiger partial charge is 0.324 e. The summed E-state index contributed by atoms with van der Waals surface area (Å²) in [5.41, 5.74) is 1.80. The fraction of sp³-hybridized carbons (Fsp3) is 0.429. The van der Waals surface area contributed by atoms with Crippen LogP contribution in [-0.2, 0) is 11.3 Å². The number of benzene rings is 1. The van der Waals surface area contributed by atoms with Gasteiger partial charge in [-0.3, -0.25) is 9.69 Å². The average Bonchev–Trinajstić information content (AvgIpc) is 2.53. The maximum atomic E-state index is 12.2. The van der Waals surface area contributed by atoms with Crippen LogP contribution in [-0.4, -0.2) is 16.8 Å². The Kier molecular flexibility index (Phi) is 3.52. The van der Waals surface area contributed by atoms with E-state index in [1.165, 1.54) is 0 Å². The minimum absolute atomic E-state index is 0.0872. The summed E-state index contributed by atoms with van der Waals surface area (Å²) in [6, 6.07) is 7.25. The molecule has 1 aliphatic heterocycles. The number of rotatable bonds is 2. The van der Waals surface area contributed by atoms with Crippen molar-refractivity contribution >= 4 is 11.6 Å². The van der Waals surface area contributed by atoms with Crippen LogP contribution in [0.3, 0.4) is 0 Å². The number of fused-ring (bicyclic) bond motifs is 1. The molecular weight excluding hydrogens is 226 g/mol. The molecule has 0 aliphatic carbocycles. The number of para-hydroxylation sites is 1. The summed E-state index contributed by atoms with van der Waals surface area (Å²) in [5, 5.41) is 12.2. The van der Waals surface area contributed by atoms with Gasteiger partial charge in [0.05, 0.1) is 6.54 Å². The van der Waals surface area contributed by atoms with E-state index in [2.05, 4.69) is 11.5 Å². The average molecular weight is 243 g/mol. The van der Waals surface area contributed by atoms with E-state index in [0.717, 1.165) is 17.7 Å². The number of nitrogens with one attached hydrogen (secondary N) is 1. The predicted molar refractivity (Wildman–Crippen MR) is 69.5 cm³/mol. The van der Waals surface area contributed by atoms with Crippen molar-refractivity contribution in [2.24, 2.45) is 5.92 Å².